The third-order valence-electron chi connectivity index (χ3n) is 5.01. The van der Waals surface area contributed by atoms with E-state index in [1.165, 1.54) is 5.56 Å². The van der Waals surface area contributed by atoms with Gasteiger partial charge in [-0.2, -0.15) is 0 Å². The molecule has 3 N–H and O–H groups in total. The fourth-order valence-electron chi connectivity index (χ4n) is 3.54. The van der Waals surface area contributed by atoms with Crippen LogP contribution in [0.2, 0.25) is 0 Å². The molecular formula is C20H33IN4O2. The summed E-state index contributed by atoms with van der Waals surface area (Å²) in [6.45, 7) is 7.58. The van der Waals surface area contributed by atoms with Crippen molar-refractivity contribution in [3.8, 4) is 5.75 Å². The number of aliphatic hydroxyl groups excluding tert-OH is 1. The normalized spacial score (nSPS) is 20.5. The minimum atomic E-state index is -0.0965. The Kier molecular flexibility index (Phi) is 9.64. The third kappa shape index (κ3) is 7.12. The molecule has 2 aliphatic rings. The van der Waals surface area contributed by atoms with Crippen molar-refractivity contribution in [1.82, 2.24) is 15.5 Å². The molecular weight excluding hydrogens is 455 g/mol. The van der Waals surface area contributed by atoms with Crippen molar-refractivity contribution in [2.24, 2.45) is 4.99 Å². The Bertz CT molecular complexity index is 566. The molecule has 1 aromatic carbocycles. The summed E-state index contributed by atoms with van der Waals surface area (Å²) in [7, 11) is 0. The fraction of sp³-hybridized carbons (Fsp3) is 0.650. The van der Waals surface area contributed by atoms with Crippen LogP contribution >= 0.6 is 24.0 Å². The highest BCUT2D eigenvalue weighted by atomic mass is 127. The Morgan fingerprint density at radius 1 is 1.26 bits per heavy atom. The van der Waals surface area contributed by atoms with Gasteiger partial charge in [0, 0.05) is 32.6 Å². The Morgan fingerprint density at radius 3 is 2.78 bits per heavy atom. The van der Waals surface area contributed by atoms with E-state index in [1.807, 2.05) is 12.1 Å². The maximum atomic E-state index is 9.56. The summed E-state index contributed by atoms with van der Waals surface area (Å²) in [6, 6.07) is 8.23. The van der Waals surface area contributed by atoms with Crippen LogP contribution in [0.4, 0.5) is 0 Å². The smallest absolute Gasteiger partial charge is 0.191 e. The number of para-hydroxylation sites is 1. The summed E-state index contributed by atoms with van der Waals surface area (Å²) in [5, 5.41) is 16.3. The van der Waals surface area contributed by atoms with E-state index in [1.54, 1.807) is 0 Å². The molecule has 0 amide bonds. The lowest BCUT2D eigenvalue weighted by atomic mass is 10.1. The standard InChI is InChI=1S/C20H32N4O2.HI/c1-2-21-20(22-10-5-11-24-12-8-17(25)9-13-24)23-15-18-14-16-6-3-4-7-19(16)26-18;/h3-4,6-7,17-18,25H,2,5,8-15H2,1H3,(H2,21,22,23);1H. The second kappa shape index (κ2) is 11.7. The van der Waals surface area contributed by atoms with Crippen LogP contribution in [0.15, 0.2) is 29.3 Å². The number of aliphatic hydroxyl groups is 1. The molecule has 1 saturated heterocycles. The monoisotopic (exact) mass is 488 g/mol. The molecule has 152 valence electrons. The number of halogens is 1. The van der Waals surface area contributed by atoms with Crippen molar-refractivity contribution < 1.29 is 9.84 Å². The van der Waals surface area contributed by atoms with E-state index in [0.29, 0.717) is 6.54 Å². The van der Waals surface area contributed by atoms with E-state index in [4.69, 9.17) is 9.73 Å². The summed E-state index contributed by atoms with van der Waals surface area (Å²) in [4.78, 5) is 7.13. The number of nitrogens with zero attached hydrogens (tertiary/aromatic N) is 2. The molecule has 1 unspecified atom stereocenters. The Labute approximate surface area is 179 Å². The highest BCUT2D eigenvalue weighted by Gasteiger charge is 2.22. The molecule has 7 heteroatoms. The van der Waals surface area contributed by atoms with Gasteiger partial charge in [0.1, 0.15) is 11.9 Å². The number of ether oxygens (including phenoxy) is 1. The molecule has 0 bridgehead atoms. The molecule has 1 fully saturated rings. The highest BCUT2D eigenvalue weighted by molar-refractivity contribution is 14.0. The molecule has 27 heavy (non-hydrogen) atoms. The molecule has 1 aromatic rings. The summed E-state index contributed by atoms with van der Waals surface area (Å²) in [6.07, 6.45) is 3.84. The number of piperidine rings is 1. The van der Waals surface area contributed by atoms with Crippen LogP contribution in [0.1, 0.15) is 31.7 Å². The van der Waals surface area contributed by atoms with Gasteiger partial charge in [0.05, 0.1) is 12.6 Å². The summed E-state index contributed by atoms with van der Waals surface area (Å²) in [5.74, 6) is 1.86. The van der Waals surface area contributed by atoms with Gasteiger partial charge < -0.3 is 25.4 Å². The Balaban J connectivity index is 0.00000261. The minimum Gasteiger partial charge on any atom is -0.488 e. The Morgan fingerprint density at radius 2 is 2.04 bits per heavy atom. The SMILES string of the molecule is CCNC(=NCC1Cc2ccccc2O1)NCCCN1CCC(O)CC1.I. The average molecular weight is 488 g/mol. The van der Waals surface area contributed by atoms with Crippen LogP contribution < -0.4 is 15.4 Å². The van der Waals surface area contributed by atoms with E-state index < -0.39 is 0 Å². The number of likely N-dealkylation sites (tertiary alicyclic amines) is 1. The van der Waals surface area contributed by atoms with Crippen molar-refractivity contribution >= 4 is 29.9 Å². The summed E-state index contributed by atoms with van der Waals surface area (Å²) in [5.41, 5.74) is 1.28. The number of hydrogen-bond acceptors (Lipinski definition) is 4. The van der Waals surface area contributed by atoms with E-state index >= 15 is 0 Å². The molecule has 0 aromatic heterocycles. The maximum absolute atomic E-state index is 9.56. The van der Waals surface area contributed by atoms with Crippen molar-refractivity contribution in [3.05, 3.63) is 29.8 Å². The van der Waals surface area contributed by atoms with Gasteiger partial charge >= 0.3 is 0 Å². The Hall–Kier alpha value is -1.06. The van der Waals surface area contributed by atoms with E-state index in [9.17, 15) is 5.11 Å². The second-order valence-corrected chi connectivity index (χ2v) is 7.12. The summed E-state index contributed by atoms with van der Waals surface area (Å²) < 4.78 is 5.96. The molecule has 0 radical (unpaired) electrons. The quantitative estimate of drug-likeness (QED) is 0.237. The first-order valence-corrected chi connectivity index (χ1v) is 9.91. The number of fused-ring (bicyclic) bond motifs is 1. The van der Waals surface area contributed by atoms with Crippen LogP contribution in [-0.2, 0) is 6.42 Å². The molecule has 0 aliphatic carbocycles. The number of rotatable bonds is 7. The maximum Gasteiger partial charge on any atom is 0.191 e. The van der Waals surface area contributed by atoms with Gasteiger partial charge in [0.15, 0.2) is 5.96 Å². The lowest BCUT2D eigenvalue weighted by Gasteiger charge is -2.29. The van der Waals surface area contributed by atoms with Crippen LogP contribution in [0.25, 0.3) is 0 Å². The zero-order chi connectivity index (χ0) is 18.2. The number of hydrogen-bond donors (Lipinski definition) is 3. The van der Waals surface area contributed by atoms with Gasteiger partial charge in [-0.3, -0.25) is 0 Å². The number of guanidine groups is 1. The molecule has 2 heterocycles. The van der Waals surface area contributed by atoms with Crippen molar-refractivity contribution in [2.45, 2.75) is 44.8 Å². The molecule has 3 rings (SSSR count). The van der Waals surface area contributed by atoms with Gasteiger partial charge in [-0.25, -0.2) is 4.99 Å². The van der Waals surface area contributed by atoms with E-state index in [2.05, 4.69) is 34.6 Å². The average Bonchev–Trinajstić information content (AvgIpc) is 3.07. The number of benzene rings is 1. The predicted octanol–water partition coefficient (Wildman–Crippen LogP) is 2.01. The second-order valence-electron chi connectivity index (χ2n) is 7.12. The molecule has 0 spiro atoms. The van der Waals surface area contributed by atoms with Crippen LogP contribution in [0.5, 0.6) is 5.75 Å². The zero-order valence-electron chi connectivity index (χ0n) is 16.2. The van der Waals surface area contributed by atoms with E-state index in [-0.39, 0.29) is 36.2 Å². The lowest BCUT2D eigenvalue weighted by Crippen LogP contribution is -2.41. The van der Waals surface area contributed by atoms with Crippen LogP contribution in [0, 0.1) is 0 Å². The first-order chi connectivity index (χ1) is 12.7. The van der Waals surface area contributed by atoms with Gasteiger partial charge in [0.2, 0.25) is 0 Å². The molecule has 0 saturated carbocycles. The number of nitrogens with one attached hydrogen (secondary N) is 2. The third-order valence-corrected chi connectivity index (χ3v) is 5.01. The van der Waals surface area contributed by atoms with Crippen LogP contribution in [-0.4, -0.2) is 67.4 Å². The molecule has 2 aliphatic heterocycles. The van der Waals surface area contributed by atoms with Crippen LogP contribution in [0.3, 0.4) is 0 Å². The largest absolute Gasteiger partial charge is 0.488 e. The minimum absolute atomic E-state index is 0. The first-order valence-electron chi connectivity index (χ1n) is 9.91. The predicted molar refractivity (Wildman–Crippen MR) is 120 cm³/mol. The van der Waals surface area contributed by atoms with Gasteiger partial charge in [-0.15, -0.1) is 24.0 Å². The van der Waals surface area contributed by atoms with Crippen molar-refractivity contribution in [3.63, 3.8) is 0 Å². The van der Waals surface area contributed by atoms with Crippen molar-refractivity contribution in [2.75, 3.05) is 39.3 Å². The van der Waals surface area contributed by atoms with Gasteiger partial charge in [-0.05, 0) is 44.4 Å². The van der Waals surface area contributed by atoms with Crippen molar-refractivity contribution in [1.29, 1.82) is 0 Å². The lowest BCUT2D eigenvalue weighted by molar-refractivity contribution is 0.0823. The first kappa shape index (κ1) is 22.2. The fourth-order valence-corrected chi connectivity index (χ4v) is 3.54. The number of aliphatic imine (C=N–C) groups is 1. The summed E-state index contributed by atoms with van der Waals surface area (Å²) >= 11 is 0. The molecule has 6 nitrogen and oxygen atoms in total. The highest BCUT2D eigenvalue weighted by Crippen LogP contribution is 2.28. The van der Waals surface area contributed by atoms with E-state index in [0.717, 1.165) is 70.1 Å². The van der Waals surface area contributed by atoms with Gasteiger partial charge in [-0.1, -0.05) is 18.2 Å². The van der Waals surface area contributed by atoms with Gasteiger partial charge in [0.25, 0.3) is 0 Å². The zero-order valence-corrected chi connectivity index (χ0v) is 18.5. The topological polar surface area (TPSA) is 69.1 Å². The molecule has 1 atom stereocenters.